The molecule has 0 spiro atoms. The van der Waals surface area contributed by atoms with Crippen molar-refractivity contribution in [1.82, 2.24) is 9.55 Å². The fourth-order valence-electron chi connectivity index (χ4n) is 2.11. The Morgan fingerprint density at radius 2 is 2.14 bits per heavy atom. The summed E-state index contributed by atoms with van der Waals surface area (Å²) in [6.45, 7) is 0. The average Bonchev–Trinajstić information content (AvgIpc) is 3.01. The number of amides is 1. The minimum atomic E-state index is -0.963. The Bertz CT molecular complexity index is 897. The van der Waals surface area contributed by atoms with E-state index in [2.05, 4.69) is 10.3 Å². The minimum absolute atomic E-state index is 0.203. The van der Waals surface area contributed by atoms with Crippen LogP contribution in [-0.2, 0) is 7.05 Å². The number of aryl methyl sites for hydroxylation is 1. The summed E-state index contributed by atoms with van der Waals surface area (Å²) in [6, 6.07) is 6.79. The summed E-state index contributed by atoms with van der Waals surface area (Å²) in [5.41, 5.74) is 6.11. The van der Waals surface area contributed by atoms with Crippen LogP contribution < -0.4 is 11.1 Å². The maximum absolute atomic E-state index is 12.2. The zero-order valence-corrected chi connectivity index (χ0v) is 12.3. The van der Waals surface area contributed by atoms with Gasteiger partial charge in [-0.25, -0.2) is 9.78 Å². The fraction of sp³-hybridized carbons (Fsp3) is 0.0714. The van der Waals surface area contributed by atoms with Crippen LogP contribution in [0.3, 0.4) is 0 Å². The number of hydrogen-bond acceptors (Lipinski definition) is 5. The van der Waals surface area contributed by atoms with Crippen LogP contribution in [0.2, 0.25) is 0 Å². The monoisotopic (exact) mass is 316 g/mol. The van der Waals surface area contributed by atoms with E-state index in [-0.39, 0.29) is 22.4 Å². The highest BCUT2D eigenvalue weighted by molar-refractivity contribution is 7.20. The average molecular weight is 316 g/mol. The molecule has 7 nitrogen and oxygen atoms in total. The van der Waals surface area contributed by atoms with Crippen molar-refractivity contribution in [3.05, 3.63) is 41.2 Å². The smallest absolute Gasteiger partial charge is 0.345 e. The fourth-order valence-corrected chi connectivity index (χ4v) is 3.00. The van der Waals surface area contributed by atoms with Crippen LogP contribution in [0.1, 0.15) is 20.3 Å². The highest BCUT2D eigenvalue weighted by Crippen LogP contribution is 2.28. The Hall–Kier alpha value is -2.87. The first-order chi connectivity index (χ1) is 10.4. The molecule has 0 radical (unpaired) electrons. The summed E-state index contributed by atoms with van der Waals surface area (Å²) < 4.78 is 2.38. The lowest BCUT2D eigenvalue weighted by Gasteiger charge is -2.05. The van der Waals surface area contributed by atoms with Crippen LogP contribution in [0.4, 0.5) is 11.5 Å². The summed E-state index contributed by atoms with van der Waals surface area (Å²) in [7, 11) is 1.68. The topological polar surface area (TPSA) is 110 Å². The molecule has 0 bridgehead atoms. The number of carboxylic acids is 1. The molecule has 0 unspecified atom stereocenters. The standard InChI is InChI=1S/C14H12N4O3S/c1-18-6-11(15)17-12(18)13(19)16-8-2-3-9-7(4-8)5-10(22-9)14(20)21/h2-6H,15H2,1H3,(H,16,19)(H,20,21). The molecule has 0 atom stereocenters. The summed E-state index contributed by atoms with van der Waals surface area (Å²) in [5, 5.41) is 12.5. The molecule has 0 aliphatic heterocycles. The molecule has 0 fully saturated rings. The van der Waals surface area contributed by atoms with Gasteiger partial charge in [0.05, 0.1) is 0 Å². The SMILES string of the molecule is Cn1cc(N)nc1C(=O)Nc1ccc2sc(C(=O)O)cc2c1. The third kappa shape index (κ3) is 2.51. The van der Waals surface area contributed by atoms with Crippen LogP contribution in [-0.4, -0.2) is 26.5 Å². The molecule has 2 heterocycles. The highest BCUT2D eigenvalue weighted by Gasteiger charge is 2.14. The third-order valence-electron chi connectivity index (χ3n) is 3.08. The van der Waals surface area contributed by atoms with Crippen molar-refractivity contribution >= 4 is 44.8 Å². The Morgan fingerprint density at radius 3 is 2.77 bits per heavy atom. The predicted octanol–water partition coefficient (Wildman–Crippen LogP) is 2.17. The highest BCUT2D eigenvalue weighted by atomic mass is 32.1. The summed E-state index contributed by atoms with van der Waals surface area (Å²) in [6.07, 6.45) is 1.55. The number of nitrogens with two attached hydrogens (primary N) is 1. The largest absolute Gasteiger partial charge is 0.477 e. The number of rotatable bonds is 3. The number of carboxylic acid groups (broad SMARTS) is 1. The summed E-state index contributed by atoms with van der Waals surface area (Å²) in [5.74, 6) is -0.872. The van der Waals surface area contributed by atoms with Crippen molar-refractivity contribution in [2.45, 2.75) is 0 Å². The van der Waals surface area contributed by atoms with Gasteiger partial charge in [0.15, 0.2) is 0 Å². The quantitative estimate of drug-likeness (QED) is 0.686. The predicted molar refractivity (Wildman–Crippen MR) is 84.4 cm³/mol. The van der Waals surface area contributed by atoms with Crippen molar-refractivity contribution in [2.75, 3.05) is 11.1 Å². The molecule has 1 aromatic carbocycles. The van der Waals surface area contributed by atoms with Crippen LogP contribution in [0.5, 0.6) is 0 Å². The van der Waals surface area contributed by atoms with E-state index in [9.17, 15) is 9.59 Å². The van der Waals surface area contributed by atoms with Crippen LogP contribution in [0.15, 0.2) is 30.5 Å². The van der Waals surface area contributed by atoms with Gasteiger partial charge >= 0.3 is 5.97 Å². The van der Waals surface area contributed by atoms with Gasteiger partial charge in [0.1, 0.15) is 10.7 Å². The van der Waals surface area contributed by atoms with Gasteiger partial charge in [0.2, 0.25) is 5.82 Å². The number of carbonyl (C=O) groups excluding carboxylic acids is 1. The van der Waals surface area contributed by atoms with Gasteiger partial charge in [0.25, 0.3) is 5.91 Å². The van der Waals surface area contributed by atoms with Gasteiger partial charge < -0.3 is 20.7 Å². The van der Waals surface area contributed by atoms with Gasteiger partial charge in [-0.05, 0) is 29.7 Å². The number of aromatic nitrogens is 2. The second-order valence-corrected chi connectivity index (χ2v) is 5.81. The first-order valence-corrected chi connectivity index (χ1v) is 7.13. The lowest BCUT2D eigenvalue weighted by molar-refractivity contribution is 0.0702. The summed E-state index contributed by atoms with van der Waals surface area (Å²) >= 11 is 1.19. The number of nitrogens with one attached hydrogen (secondary N) is 1. The van der Waals surface area contributed by atoms with Crippen LogP contribution >= 0.6 is 11.3 Å². The maximum Gasteiger partial charge on any atom is 0.345 e. The van der Waals surface area contributed by atoms with E-state index in [1.165, 1.54) is 15.9 Å². The van der Waals surface area contributed by atoms with Gasteiger partial charge in [-0.1, -0.05) is 0 Å². The van der Waals surface area contributed by atoms with Gasteiger partial charge in [0, 0.05) is 23.6 Å². The lowest BCUT2D eigenvalue weighted by Crippen LogP contribution is -2.16. The minimum Gasteiger partial charge on any atom is -0.477 e. The van der Waals surface area contributed by atoms with Gasteiger partial charge in [-0.15, -0.1) is 11.3 Å². The molecule has 0 aliphatic carbocycles. The van der Waals surface area contributed by atoms with Crippen molar-refractivity contribution in [2.24, 2.45) is 7.05 Å². The van der Waals surface area contributed by atoms with Gasteiger partial charge in [-0.3, -0.25) is 4.79 Å². The second kappa shape index (κ2) is 5.15. The number of nitrogens with zero attached hydrogens (tertiary/aromatic N) is 2. The van der Waals surface area contributed by atoms with E-state index in [0.29, 0.717) is 5.69 Å². The van der Waals surface area contributed by atoms with E-state index in [1.54, 1.807) is 37.5 Å². The number of carbonyl (C=O) groups is 2. The molecule has 112 valence electrons. The zero-order valence-electron chi connectivity index (χ0n) is 11.5. The molecular formula is C14H12N4O3S. The molecule has 3 aromatic rings. The normalized spacial score (nSPS) is 10.8. The van der Waals surface area contributed by atoms with Crippen LogP contribution in [0, 0.1) is 0 Å². The molecule has 8 heteroatoms. The molecule has 22 heavy (non-hydrogen) atoms. The molecule has 4 N–H and O–H groups in total. The van der Waals surface area contributed by atoms with E-state index in [0.717, 1.165) is 10.1 Å². The Labute approximate surface area is 129 Å². The van der Waals surface area contributed by atoms with E-state index < -0.39 is 5.97 Å². The van der Waals surface area contributed by atoms with E-state index in [1.807, 2.05) is 0 Å². The number of nitrogen functional groups attached to an aromatic ring is 1. The number of anilines is 2. The lowest BCUT2D eigenvalue weighted by atomic mass is 10.2. The van der Waals surface area contributed by atoms with Crippen molar-refractivity contribution < 1.29 is 14.7 Å². The maximum atomic E-state index is 12.2. The number of fused-ring (bicyclic) bond motifs is 1. The molecule has 0 aliphatic rings. The molecular weight excluding hydrogens is 304 g/mol. The molecule has 2 aromatic heterocycles. The number of aromatic carboxylic acids is 1. The first kappa shape index (κ1) is 14.1. The Morgan fingerprint density at radius 1 is 1.36 bits per heavy atom. The van der Waals surface area contributed by atoms with E-state index in [4.69, 9.17) is 10.8 Å². The number of benzene rings is 1. The van der Waals surface area contributed by atoms with E-state index >= 15 is 0 Å². The number of imidazole rings is 1. The molecule has 0 saturated heterocycles. The molecule has 1 amide bonds. The van der Waals surface area contributed by atoms with Gasteiger partial charge in [-0.2, -0.15) is 0 Å². The molecule has 3 rings (SSSR count). The second-order valence-electron chi connectivity index (χ2n) is 4.72. The summed E-state index contributed by atoms with van der Waals surface area (Å²) in [4.78, 5) is 27.3. The van der Waals surface area contributed by atoms with Crippen molar-refractivity contribution in [3.8, 4) is 0 Å². The Kier molecular flexibility index (Phi) is 3.30. The zero-order chi connectivity index (χ0) is 15.9. The van der Waals surface area contributed by atoms with Crippen molar-refractivity contribution in [1.29, 1.82) is 0 Å². The molecule has 0 saturated carbocycles. The first-order valence-electron chi connectivity index (χ1n) is 6.31. The number of hydrogen-bond donors (Lipinski definition) is 3. The van der Waals surface area contributed by atoms with Crippen LogP contribution in [0.25, 0.3) is 10.1 Å². The van der Waals surface area contributed by atoms with Crippen molar-refractivity contribution in [3.63, 3.8) is 0 Å². The Balaban J connectivity index is 1.89. The number of thiophene rings is 1. The third-order valence-corrected chi connectivity index (χ3v) is 4.19.